The van der Waals surface area contributed by atoms with Crippen molar-refractivity contribution in [1.29, 1.82) is 0 Å². The van der Waals surface area contributed by atoms with Crippen LogP contribution in [0.15, 0.2) is 103 Å². The lowest BCUT2D eigenvalue weighted by atomic mass is 10.0. The van der Waals surface area contributed by atoms with E-state index in [2.05, 4.69) is 25.7 Å². The molecule has 8 N–H and O–H groups in total. The normalized spacial score (nSPS) is 13.4. The summed E-state index contributed by atoms with van der Waals surface area (Å²) in [6.07, 6.45) is -13.1. The van der Waals surface area contributed by atoms with Crippen LogP contribution in [0.3, 0.4) is 0 Å². The Bertz CT molecular complexity index is 3260. The number of hydrogen-bond donors (Lipinski definition) is 6. The van der Waals surface area contributed by atoms with Crippen LogP contribution in [0.5, 0.6) is 0 Å². The standard InChI is InChI=1S/C25H28F3N5O2.C21H29F3N2O5.C16H20F3NO4/c1-15(23(34)32-14-17-6-8-20-18(12-17)10-11-31-22(20)30)33(2)24(35)21(29)9-7-16-4-3-5-19(13-16)25(26,27)28;1-13(18(28)30-6)26(5)17(27)16(25-19(29)31-20(2,3)4)11-10-14-8-7-9-15(12-14)21(22,23)24;1-15(2,3)24-14(23)20-12(13(21)22)8-7-10-5-4-6-11(9-10)16(17,18)19/h3-6,8,10-13,15,21H,7,9,14,29H2,1-2H3,(H2,30,31)(H,32,34);7-9,12-13,16H,10-11H2,1-6H3,(H,25,29);4-6,9,12H,7-8H2,1-3H3,(H,20,23)(H,21,22)/t15-,21+;13-,16+;12-/m001/s1. The van der Waals surface area contributed by atoms with Gasteiger partial charge >= 0.3 is 42.7 Å². The van der Waals surface area contributed by atoms with Gasteiger partial charge in [0.25, 0.3) is 0 Å². The highest BCUT2D eigenvalue weighted by Gasteiger charge is 2.35. The molecule has 494 valence electrons. The SMILES string of the molecule is CC(C)(C)OC(=O)N[C@H](CCc1cccc(C(F)(F)F)c1)C(=O)O.COC(=O)[C@H](C)N(C)C(=O)[C@@H](CCc1cccc(C(F)(F)F)c1)NC(=O)OC(C)(C)C.C[C@@H](C(=O)NCc1ccc2c(N)nccc2c1)N(C)C(=O)[C@H](N)CCc1cccc(C(F)(F)F)c1. The number of aromatic nitrogens is 1. The van der Waals surface area contributed by atoms with Crippen LogP contribution in [0.4, 0.5) is 54.9 Å². The first-order chi connectivity index (χ1) is 41.5. The number of carboxylic acid groups (broad SMARTS) is 1. The van der Waals surface area contributed by atoms with Crippen LogP contribution in [0.1, 0.15) is 114 Å². The molecular weight excluding hydrogens is 1200 g/mol. The third-order valence-corrected chi connectivity index (χ3v) is 13.4. The summed E-state index contributed by atoms with van der Waals surface area (Å²) >= 11 is 0. The Balaban J connectivity index is 0.000000359. The molecule has 0 fully saturated rings. The highest BCUT2D eigenvalue weighted by atomic mass is 19.4. The van der Waals surface area contributed by atoms with Crippen molar-refractivity contribution in [2.24, 2.45) is 5.73 Å². The van der Waals surface area contributed by atoms with Gasteiger partial charge in [0.15, 0.2) is 0 Å². The topological polar surface area (TPSA) is 275 Å². The van der Waals surface area contributed by atoms with E-state index >= 15 is 0 Å². The molecule has 5 amide bonds. The molecule has 90 heavy (non-hydrogen) atoms. The fourth-order valence-electron chi connectivity index (χ4n) is 8.28. The second kappa shape index (κ2) is 32.7. The summed E-state index contributed by atoms with van der Waals surface area (Å²) in [6.45, 7) is 13.1. The number of aliphatic carboxylic acids is 1. The number of amides is 5. The Kier molecular flexibility index (Phi) is 27.4. The Labute approximate surface area is 515 Å². The summed E-state index contributed by atoms with van der Waals surface area (Å²) in [6, 6.07) is 16.7. The maximum atomic E-state index is 13.0. The van der Waals surface area contributed by atoms with Crippen LogP contribution in [0.25, 0.3) is 10.8 Å². The van der Waals surface area contributed by atoms with Crippen molar-refractivity contribution in [1.82, 2.24) is 30.7 Å². The highest BCUT2D eigenvalue weighted by molar-refractivity contribution is 5.92. The molecule has 5 aromatic rings. The minimum atomic E-state index is -4.49. The molecule has 0 aliphatic heterocycles. The molecule has 0 bridgehead atoms. The van der Waals surface area contributed by atoms with Crippen molar-refractivity contribution < 1.29 is 92.4 Å². The Hall–Kier alpha value is -8.69. The lowest BCUT2D eigenvalue weighted by Crippen LogP contribution is -2.52. The molecule has 0 spiro atoms. The number of carbonyl (C=O) groups is 7. The molecule has 0 aliphatic rings. The largest absolute Gasteiger partial charge is 0.480 e. The smallest absolute Gasteiger partial charge is 0.416 e. The van der Waals surface area contributed by atoms with E-state index in [0.717, 1.165) is 57.6 Å². The van der Waals surface area contributed by atoms with Gasteiger partial charge < -0.3 is 56.5 Å². The van der Waals surface area contributed by atoms with Gasteiger partial charge in [0.05, 0.1) is 29.8 Å². The van der Waals surface area contributed by atoms with Gasteiger partial charge in [0.2, 0.25) is 17.7 Å². The number of fused-ring (bicyclic) bond motifs is 1. The number of nitrogen functional groups attached to an aromatic ring is 1. The number of nitrogens with zero attached hydrogens (tertiary/aromatic N) is 3. The molecule has 28 heteroatoms. The molecule has 0 unspecified atom stereocenters. The minimum absolute atomic E-state index is 0.00236. The number of rotatable bonds is 20. The summed E-state index contributed by atoms with van der Waals surface area (Å²) in [4.78, 5) is 91.5. The van der Waals surface area contributed by atoms with Crippen molar-refractivity contribution in [3.63, 3.8) is 0 Å². The van der Waals surface area contributed by atoms with E-state index in [0.29, 0.717) is 22.5 Å². The maximum Gasteiger partial charge on any atom is 0.416 e. The van der Waals surface area contributed by atoms with E-state index < -0.39 is 113 Å². The fourth-order valence-corrected chi connectivity index (χ4v) is 8.28. The number of esters is 1. The number of carboxylic acids is 1. The Morgan fingerprint density at radius 3 is 1.42 bits per heavy atom. The molecule has 4 aromatic carbocycles. The van der Waals surface area contributed by atoms with Crippen molar-refractivity contribution >= 4 is 58.4 Å². The first kappa shape index (κ1) is 75.6. The molecule has 19 nitrogen and oxygen atoms in total. The van der Waals surface area contributed by atoms with Crippen LogP contribution in [-0.4, -0.2) is 124 Å². The molecule has 0 saturated heterocycles. The number of carbonyl (C=O) groups excluding carboxylic acids is 6. The number of anilines is 1. The number of alkyl halides is 9. The number of alkyl carbamates (subject to hydrolysis) is 2. The molecule has 5 rings (SSSR count). The molecule has 0 saturated carbocycles. The zero-order chi connectivity index (χ0) is 68.3. The third kappa shape index (κ3) is 25.4. The van der Waals surface area contributed by atoms with E-state index in [4.69, 9.17) is 26.0 Å². The fraction of sp³-hybridized carbons (Fsp3) is 0.452. The summed E-state index contributed by atoms with van der Waals surface area (Å²) in [5.74, 6) is -2.93. The summed E-state index contributed by atoms with van der Waals surface area (Å²) < 4.78 is 130. The number of nitrogens with two attached hydrogens (primary N) is 2. The molecular formula is C62H77F9N8O11. The van der Waals surface area contributed by atoms with Gasteiger partial charge in [-0.1, -0.05) is 66.7 Å². The van der Waals surface area contributed by atoms with E-state index in [-0.39, 0.29) is 51.0 Å². The van der Waals surface area contributed by atoms with E-state index in [1.165, 1.54) is 63.4 Å². The van der Waals surface area contributed by atoms with Crippen LogP contribution in [-0.2, 0) is 82.5 Å². The average molecular weight is 1280 g/mol. The number of hydrogen-bond acceptors (Lipinski definition) is 13. The predicted molar refractivity (Wildman–Crippen MR) is 316 cm³/mol. The van der Waals surface area contributed by atoms with Gasteiger partial charge in [0, 0.05) is 32.2 Å². The minimum Gasteiger partial charge on any atom is -0.480 e. The van der Waals surface area contributed by atoms with E-state index in [1.807, 2.05) is 24.3 Å². The van der Waals surface area contributed by atoms with Crippen LogP contribution < -0.4 is 27.4 Å². The van der Waals surface area contributed by atoms with Crippen molar-refractivity contribution in [3.8, 4) is 0 Å². The quantitative estimate of drug-likeness (QED) is 0.0240. The van der Waals surface area contributed by atoms with Gasteiger partial charge in [-0.05, 0) is 152 Å². The summed E-state index contributed by atoms with van der Waals surface area (Å²) in [5.41, 5.74) is 9.89. The van der Waals surface area contributed by atoms with Gasteiger partial charge in [0.1, 0.15) is 41.2 Å². The number of ether oxygens (including phenoxy) is 3. The van der Waals surface area contributed by atoms with Crippen molar-refractivity contribution in [2.75, 3.05) is 26.9 Å². The van der Waals surface area contributed by atoms with Gasteiger partial charge in [-0.15, -0.1) is 0 Å². The van der Waals surface area contributed by atoms with Gasteiger partial charge in [-0.3, -0.25) is 14.4 Å². The zero-order valence-corrected chi connectivity index (χ0v) is 51.6. The molecule has 1 heterocycles. The monoisotopic (exact) mass is 1280 g/mol. The second-order valence-electron chi connectivity index (χ2n) is 22.8. The van der Waals surface area contributed by atoms with Gasteiger partial charge in [-0.25, -0.2) is 24.2 Å². The van der Waals surface area contributed by atoms with Gasteiger partial charge in [-0.2, -0.15) is 39.5 Å². The number of aryl methyl sites for hydroxylation is 3. The first-order valence-electron chi connectivity index (χ1n) is 28.0. The van der Waals surface area contributed by atoms with E-state index in [9.17, 15) is 73.1 Å². The van der Waals surface area contributed by atoms with Crippen molar-refractivity contribution in [2.45, 2.75) is 160 Å². The number of methoxy groups -OCH3 is 1. The lowest BCUT2D eigenvalue weighted by molar-refractivity contribution is -0.151. The van der Waals surface area contributed by atoms with Crippen LogP contribution in [0.2, 0.25) is 0 Å². The summed E-state index contributed by atoms with van der Waals surface area (Å²) in [5, 5.41) is 18.3. The van der Waals surface area contributed by atoms with Crippen molar-refractivity contribution in [3.05, 3.63) is 142 Å². The average Bonchev–Trinajstić information content (AvgIpc) is 1.89. The van der Waals surface area contributed by atoms with Crippen LogP contribution in [0, 0.1) is 0 Å². The third-order valence-electron chi connectivity index (χ3n) is 13.4. The number of pyridine rings is 1. The number of benzene rings is 4. The number of halogens is 9. The molecule has 5 atom stereocenters. The Morgan fingerprint density at radius 1 is 0.578 bits per heavy atom. The lowest BCUT2D eigenvalue weighted by Gasteiger charge is -2.29. The number of nitrogens with one attached hydrogen (secondary N) is 3. The summed E-state index contributed by atoms with van der Waals surface area (Å²) in [7, 11) is 4.03. The maximum absolute atomic E-state index is 13.0. The first-order valence-corrected chi connectivity index (χ1v) is 28.0. The molecule has 1 aromatic heterocycles. The van der Waals surface area contributed by atoms with E-state index in [1.54, 1.807) is 60.7 Å². The Morgan fingerprint density at radius 2 is 1.00 bits per heavy atom. The molecule has 0 radical (unpaired) electrons. The highest BCUT2D eigenvalue weighted by Crippen LogP contribution is 2.32. The number of likely N-dealkylation sites (N-methyl/N-ethyl adjacent to an activating group) is 2. The van der Waals surface area contributed by atoms with Crippen LogP contribution >= 0.6 is 0 Å². The zero-order valence-electron chi connectivity index (χ0n) is 51.6. The second-order valence-corrected chi connectivity index (χ2v) is 22.8. The molecule has 0 aliphatic carbocycles. The predicted octanol–water partition coefficient (Wildman–Crippen LogP) is 10.4.